The summed E-state index contributed by atoms with van der Waals surface area (Å²) < 4.78 is 47.0. The van der Waals surface area contributed by atoms with Crippen molar-refractivity contribution in [2.24, 2.45) is 0 Å². The Morgan fingerprint density at radius 3 is 2.58 bits per heavy atom. The largest absolute Gasteiger partial charge is 0.497 e. The number of benzene rings is 1. The number of hydrogen-bond donors (Lipinski definition) is 1. The van der Waals surface area contributed by atoms with Gasteiger partial charge in [-0.3, -0.25) is 9.78 Å². The molecular formula is C20H13ClF3N5O2. The number of ether oxygens (including phenoxy) is 1. The number of nitrogens with zero attached hydrogens (tertiary/aromatic N) is 4. The molecule has 4 aromatic rings. The Bertz CT molecular complexity index is 1280. The van der Waals surface area contributed by atoms with E-state index in [4.69, 9.17) is 16.3 Å². The molecule has 0 saturated heterocycles. The van der Waals surface area contributed by atoms with E-state index >= 15 is 0 Å². The zero-order chi connectivity index (χ0) is 22.2. The third kappa shape index (κ3) is 4.02. The van der Waals surface area contributed by atoms with Crippen LogP contribution < -0.4 is 10.1 Å². The van der Waals surface area contributed by atoms with Crippen LogP contribution in [-0.4, -0.2) is 32.6 Å². The van der Waals surface area contributed by atoms with Gasteiger partial charge in [-0.1, -0.05) is 23.7 Å². The van der Waals surface area contributed by atoms with Crippen molar-refractivity contribution in [3.8, 4) is 17.0 Å². The molecule has 0 fully saturated rings. The summed E-state index contributed by atoms with van der Waals surface area (Å²) >= 11 is 6.25. The predicted octanol–water partition coefficient (Wildman–Crippen LogP) is 4.72. The lowest BCUT2D eigenvalue weighted by Crippen LogP contribution is -2.15. The van der Waals surface area contributed by atoms with Crippen LogP contribution >= 0.6 is 11.6 Å². The highest BCUT2D eigenvalue weighted by molar-refractivity contribution is 6.37. The quantitative estimate of drug-likeness (QED) is 0.489. The first-order valence-corrected chi connectivity index (χ1v) is 9.18. The van der Waals surface area contributed by atoms with Gasteiger partial charge in [0.2, 0.25) is 0 Å². The average molecular weight is 448 g/mol. The van der Waals surface area contributed by atoms with Crippen LogP contribution in [0.25, 0.3) is 16.9 Å². The van der Waals surface area contributed by atoms with Crippen LogP contribution in [0.5, 0.6) is 5.75 Å². The van der Waals surface area contributed by atoms with Gasteiger partial charge in [0.25, 0.3) is 5.91 Å². The number of rotatable bonds is 4. The molecule has 1 N–H and O–H groups in total. The van der Waals surface area contributed by atoms with Gasteiger partial charge < -0.3 is 10.1 Å². The first-order valence-electron chi connectivity index (χ1n) is 8.80. The Morgan fingerprint density at radius 2 is 1.90 bits per heavy atom. The number of hydrogen-bond acceptors (Lipinski definition) is 5. The summed E-state index contributed by atoms with van der Waals surface area (Å²) in [4.78, 5) is 20.6. The van der Waals surface area contributed by atoms with E-state index in [1.165, 1.54) is 31.6 Å². The molecule has 0 aliphatic heterocycles. The molecule has 0 bridgehead atoms. The van der Waals surface area contributed by atoms with Gasteiger partial charge in [0.05, 0.1) is 12.8 Å². The van der Waals surface area contributed by atoms with Crippen LogP contribution in [0.15, 0.2) is 54.9 Å². The monoisotopic (exact) mass is 447 g/mol. The van der Waals surface area contributed by atoms with E-state index in [2.05, 4.69) is 20.4 Å². The van der Waals surface area contributed by atoms with Crippen LogP contribution in [0.2, 0.25) is 5.02 Å². The van der Waals surface area contributed by atoms with E-state index in [-0.39, 0.29) is 22.1 Å². The zero-order valence-electron chi connectivity index (χ0n) is 15.8. The van der Waals surface area contributed by atoms with Gasteiger partial charge >= 0.3 is 6.18 Å². The van der Waals surface area contributed by atoms with Crippen LogP contribution in [0, 0.1) is 0 Å². The van der Waals surface area contributed by atoms with Crippen molar-refractivity contribution in [2.45, 2.75) is 6.18 Å². The lowest BCUT2D eigenvalue weighted by Gasteiger charge is -2.11. The maximum atomic E-state index is 13.8. The van der Waals surface area contributed by atoms with Crippen molar-refractivity contribution in [3.05, 3.63) is 71.3 Å². The Hall–Kier alpha value is -3.66. The molecule has 3 heterocycles. The zero-order valence-corrected chi connectivity index (χ0v) is 16.6. The number of aromatic nitrogens is 4. The fraction of sp³-hybridized carbons (Fsp3) is 0.100. The molecule has 7 nitrogen and oxygen atoms in total. The van der Waals surface area contributed by atoms with E-state index in [1.54, 1.807) is 24.3 Å². The summed E-state index contributed by atoms with van der Waals surface area (Å²) in [7, 11) is 1.44. The van der Waals surface area contributed by atoms with E-state index in [0.29, 0.717) is 21.5 Å². The first-order chi connectivity index (χ1) is 14.8. The maximum Gasteiger partial charge on any atom is 0.433 e. The number of carbonyl (C=O) groups excluding carboxylic acids is 1. The molecular weight excluding hydrogens is 435 g/mol. The predicted molar refractivity (Wildman–Crippen MR) is 107 cm³/mol. The minimum Gasteiger partial charge on any atom is -0.497 e. The molecule has 1 aromatic carbocycles. The van der Waals surface area contributed by atoms with Crippen LogP contribution in [-0.2, 0) is 6.18 Å². The van der Waals surface area contributed by atoms with Crippen molar-refractivity contribution in [2.75, 3.05) is 12.4 Å². The topological polar surface area (TPSA) is 81.4 Å². The highest BCUT2D eigenvalue weighted by atomic mass is 35.5. The van der Waals surface area contributed by atoms with Gasteiger partial charge in [-0.05, 0) is 30.3 Å². The van der Waals surface area contributed by atoms with E-state index in [0.717, 1.165) is 6.07 Å². The minimum absolute atomic E-state index is 0.00150. The minimum atomic E-state index is -4.77. The maximum absolute atomic E-state index is 13.8. The van der Waals surface area contributed by atoms with E-state index < -0.39 is 17.8 Å². The molecule has 0 radical (unpaired) electrons. The Labute approximate surface area is 178 Å². The second-order valence-corrected chi connectivity index (χ2v) is 6.72. The van der Waals surface area contributed by atoms with Crippen LogP contribution in [0.3, 0.4) is 0 Å². The number of fused-ring (bicyclic) bond motifs is 1. The van der Waals surface area contributed by atoms with Gasteiger partial charge in [-0.2, -0.15) is 18.3 Å². The van der Waals surface area contributed by atoms with Gasteiger partial charge in [0.1, 0.15) is 10.8 Å². The Kier molecular flexibility index (Phi) is 5.24. The van der Waals surface area contributed by atoms with Crippen molar-refractivity contribution in [3.63, 3.8) is 0 Å². The molecule has 0 saturated carbocycles. The van der Waals surface area contributed by atoms with Crippen LogP contribution in [0.4, 0.5) is 18.9 Å². The molecule has 31 heavy (non-hydrogen) atoms. The highest BCUT2D eigenvalue weighted by Gasteiger charge is 2.36. The number of alkyl halides is 3. The average Bonchev–Trinajstić information content (AvgIpc) is 3.09. The molecule has 0 aliphatic carbocycles. The SMILES string of the molecule is COc1cccc(-c2cc(C(F)(F)F)n3nc(C(=O)Nc4ccncc4)c(Cl)c3n2)c1. The second-order valence-electron chi connectivity index (χ2n) is 6.34. The van der Waals surface area contributed by atoms with Crippen molar-refractivity contribution in [1.29, 1.82) is 0 Å². The molecule has 158 valence electrons. The summed E-state index contributed by atoms with van der Waals surface area (Å²) in [6.07, 6.45) is -1.88. The second kappa shape index (κ2) is 7.88. The third-order valence-electron chi connectivity index (χ3n) is 4.34. The Balaban J connectivity index is 1.87. The fourth-order valence-corrected chi connectivity index (χ4v) is 3.14. The molecule has 0 spiro atoms. The number of anilines is 1. The van der Waals surface area contributed by atoms with Gasteiger partial charge in [0, 0.05) is 23.6 Å². The molecule has 11 heteroatoms. The first kappa shape index (κ1) is 20.6. The van der Waals surface area contributed by atoms with Gasteiger partial charge in [-0.15, -0.1) is 0 Å². The number of carbonyl (C=O) groups is 1. The summed E-state index contributed by atoms with van der Waals surface area (Å²) in [5, 5.41) is 6.00. The molecule has 3 aromatic heterocycles. The standard InChI is InChI=1S/C20H13ClF3N5O2/c1-31-13-4-2-3-11(9-13)14-10-15(20(22,23)24)29-18(27-14)16(21)17(28-29)19(30)26-12-5-7-25-8-6-12/h2-10H,1H3,(H,25,26,30). The normalized spacial score (nSPS) is 11.5. The van der Waals surface area contributed by atoms with Gasteiger partial charge in [0.15, 0.2) is 17.0 Å². The lowest BCUT2D eigenvalue weighted by molar-refractivity contribution is -0.142. The molecule has 0 aliphatic rings. The number of nitrogens with one attached hydrogen (secondary N) is 1. The lowest BCUT2D eigenvalue weighted by atomic mass is 10.1. The summed E-state index contributed by atoms with van der Waals surface area (Å²) in [5.74, 6) is -0.331. The van der Waals surface area contributed by atoms with Crippen molar-refractivity contribution < 1.29 is 22.7 Å². The van der Waals surface area contributed by atoms with E-state index in [1.807, 2.05) is 0 Å². The van der Waals surface area contributed by atoms with Crippen molar-refractivity contribution >= 4 is 28.8 Å². The molecule has 1 amide bonds. The highest BCUT2D eigenvalue weighted by Crippen LogP contribution is 2.35. The number of pyridine rings is 1. The van der Waals surface area contributed by atoms with Gasteiger partial charge in [-0.25, -0.2) is 9.50 Å². The molecule has 4 rings (SSSR count). The van der Waals surface area contributed by atoms with Crippen molar-refractivity contribution in [1.82, 2.24) is 19.6 Å². The smallest absolute Gasteiger partial charge is 0.433 e. The summed E-state index contributed by atoms with van der Waals surface area (Å²) in [5.41, 5.74) is -1.04. The summed E-state index contributed by atoms with van der Waals surface area (Å²) in [6, 6.07) is 10.3. The molecule has 0 atom stereocenters. The van der Waals surface area contributed by atoms with E-state index in [9.17, 15) is 18.0 Å². The number of halogens is 4. The molecule has 0 unspecified atom stereocenters. The fourth-order valence-electron chi connectivity index (χ4n) is 2.89. The third-order valence-corrected chi connectivity index (χ3v) is 4.69. The number of amides is 1. The summed E-state index contributed by atoms with van der Waals surface area (Å²) in [6.45, 7) is 0. The Morgan fingerprint density at radius 1 is 1.16 bits per heavy atom. The van der Waals surface area contributed by atoms with Crippen LogP contribution in [0.1, 0.15) is 16.2 Å². The number of methoxy groups -OCH3 is 1.